The van der Waals surface area contributed by atoms with E-state index in [1.165, 1.54) is 76.4 Å². The largest absolute Gasteiger partial charge is 0.507 e. The first-order chi connectivity index (χ1) is 28.2. The minimum atomic E-state index is -0.413. The SMILES string of the molecule is CCCCCCCCCCC1(C(C)CCCCCCC)c2cc(C(O)=CC(=O)c3ccc(OC)cc3)ccc2-c2ccc(C(O)=CC(=O)c3ccc(OC)cc3)cc21. The van der Waals surface area contributed by atoms with E-state index in [0.717, 1.165) is 54.4 Å². The van der Waals surface area contributed by atoms with E-state index in [9.17, 15) is 19.8 Å². The Morgan fingerprint density at radius 2 is 0.931 bits per heavy atom. The molecule has 1 aliphatic rings. The molecule has 0 bridgehead atoms. The van der Waals surface area contributed by atoms with Gasteiger partial charge in [0.1, 0.15) is 23.0 Å². The van der Waals surface area contributed by atoms with Crippen molar-refractivity contribution < 1.29 is 29.3 Å². The molecule has 1 atom stereocenters. The van der Waals surface area contributed by atoms with Crippen molar-refractivity contribution in [1.82, 2.24) is 0 Å². The van der Waals surface area contributed by atoms with Crippen LogP contribution in [0.1, 0.15) is 160 Å². The van der Waals surface area contributed by atoms with E-state index in [2.05, 4.69) is 45.0 Å². The lowest BCUT2D eigenvalue weighted by atomic mass is 9.64. The van der Waals surface area contributed by atoms with Gasteiger partial charge in [-0.3, -0.25) is 9.59 Å². The number of benzene rings is 4. The molecular formula is C52H64O6. The van der Waals surface area contributed by atoms with Gasteiger partial charge in [-0.25, -0.2) is 0 Å². The van der Waals surface area contributed by atoms with E-state index in [1.807, 2.05) is 12.1 Å². The molecule has 0 heterocycles. The summed E-state index contributed by atoms with van der Waals surface area (Å²) in [5.41, 5.74) is 6.22. The molecule has 0 aromatic heterocycles. The maximum absolute atomic E-state index is 13.3. The lowest BCUT2D eigenvalue weighted by Crippen LogP contribution is -2.33. The molecule has 0 amide bonds. The van der Waals surface area contributed by atoms with Gasteiger partial charge >= 0.3 is 0 Å². The van der Waals surface area contributed by atoms with E-state index >= 15 is 0 Å². The van der Waals surface area contributed by atoms with E-state index in [-0.39, 0.29) is 29.0 Å². The van der Waals surface area contributed by atoms with Gasteiger partial charge < -0.3 is 19.7 Å². The third kappa shape index (κ3) is 10.7. The molecule has 0 saturated carbocycles. The van der Waals surface area contributed by atoms with Crippen LogP contribution in [0, 0.1) is 5.92 Å². The number of fused-ring (bicyclic) bond motifs is 3. The van der Waals surface area contributed by atoms with Crippen molar-refractivity contribution in [3.05, 3.63) is 130 Å². The molecule has 0 saturated heterocycles. The number of hydrogen-bond acceptors (Lipinski definition) is 6. The van der Waals surface area contributed by atoms with Crippen LogP contribution < -0.4 is 9.47 Å². The van der Waals surface area contributed by atoms with Gasteiger partial charge in [0.05, 0.1) is 14.2 Å². The molecule has 1 aliphatic carbocycles. The predicted octanol–water partition coefficient (Wildman–Crippen LogP) is 14.1. The van der Waals surface area contributed by atoms with Crippen LogP contribution in [0.3, 0.4) is 0 Å². The predicted molar refractivity (Wildman–Crippen MR) is 238 cm³/mol. The summed E-state index contributed by atoms with van der Waals surface area (Å²) in [6.07, 6.45) is 20.2. The average molecular weight is 785 g/mol. The number of ketones is 2. The minimum Gasteiger partial charge on any atom is -0.507 e. The van der Waals surface area contributed by atoms with Crippen molar-refractivity contribution in [3.8, 4) is 22.6 Å². The van der Waals surface area contributed by atoms with Crippen molar-refractivity contribution in [2.24, 2.45) is 5.92 Å². The van der Waals surface area contributed by atoms with Crippen LogP contribution in [0.5, 0.6) is 11.5 Å². The molecule has 4 aromatic rings. The molecule has 0 radical (unpaired) electrons. The van der Waals surface area contributed by atoms with Gasteiger partial charge in [0, 0.05) is 39.8 Å². The Labute approximate surface area is 347 Å². The number of hydrogen-bond donors (Lipinski definition) is 2. The van der Waals surface area contributed by atoms with Crippen LogP contribution >= 0.6 is 0 Å². The highest BCUT2D eigenvalue weighted by Gasteiger charge is 2.46. The van der Waals surface area contributed by atoms with E-state index in [4.69, 9.17) is 9.47 Å². The number of allylic oxidation sites excluding steroid dienone is 2. The third-order valence-corrected chi connectivity index (χ3v) is 12.2. The molecular weight excluding hydrogens is 721 g/mol. The molecule has 6 heteroatoms. The molecule has 0 spiro atoms. The van der Waals surface area contributed by atoms with Crippen molar-refractivity contribution in [2.75, 3.05) is 14.2 Å². The molecule has 4 aromatic carbocycles. The number of aliphatic hydroxyl groups is 2. The highest BCUT2D eigenvalue weighted by atomic mass is 16.5. The average Bonchev–Trinajstić information content (AvgIpc) is 3.53. The fraction of sp³-hybridized carbons (Fsp3) is 0.423. The Hall–Kier alpha value is -5.10. The Morgan fingerprint density at radius 3 is 1.34 bits per heavy atom. The second-order valence-electron chi connectivity index (χ2n) is 16.1. The van der Waals surface area contributed by atoms with E-state index in [0.29, 0.717) is 33.8 Å². The molecule has 0 aliphatic heterocycles. The van der Waals surface area contributed by atoms with Crippen LogP contribution in [0.2, 0.25) is 0 Å². The maximum Gasteiger partial charge on any atom is 0.189 e. The van der Waals surface area contributed by atoms with Crippen LogP contribution in [-0.2, 0) is 5.41 Å². The summed E-state index contributed by atoms with van der Waals surface area (Å²) in [6.45, 7) is 6.86. The monoisotopic (exact) mass is 784 g/mol. The van der Waals surface area contributed by atoms with Gasteiger partial charge in [-0.15, -0.1) is 0 Å². The highest BCUT2D eigenvalue weighted by Crippen LogP contribution is 2.57. The molecule has 2 N–H and O–H groups in total. The fourth-order valence-corrected chi connectivity index (χ4v) is 8.74. The number of carbonyl (C=O) groups excluding carboxylic acids is 2. The zero-order valence-corrected chi connectivity index (χ0v) is 35.4. The molecule has 1 unspecified atom stereocenters. The van der Waals surface area contributed by atoms with Gasteiger partial charge in [0.15, 0.2) is 11.6 Å². The quantitative estimate of drug-likeness (QED) is 0.0318. The zero-order valence-electron chi connectivity index (χ0n) is 35.4. The Bertz CT molecular complexity index is 1900. The zero-order chi connectivity index (χ0) is 41.5. The summed E-state index contributed by atoms with van der Waals surface area (Å²) in [7, 11) is 3.17. The summed E-state index contributed by atoms with van der Waals surface area (Å²) >= 11 is 0. The van der Waals surface area contributed by atoms with Crippen molar-refractivity contribution >= 4 is 23.1 Å². The van der Waals surface area contributed by atoms with Crippen LogP contribution in [0.4, 0.5) is 0 Å². The standard InChI is InChI=1S/C52H64O6/c1-6-8-10-12-13-14-16-18-32-52(37(3)19-17-15-11-9-7-2)46-33-40(50(55)35-48(53)38-20-26-42(57-4)27-21-38)24-30-44(46)45-31-25-41(34-47(45)52)51(56)36-49(54)39-22-28-43(58-5)29-23-39/h20-31,33-37,55-56H,6-19,32H2,1-5H3. The Morgan fingerprint density at radius 1 is 0.552 bits per heavy atom. The summed E-state index contributed by atoms with van der Waals surface area (Å²) in [5, 5.41) is 23.1. The lowest BCUT2D eigenvalue weighted by Gasteiger charge is -2.39. The summed E-state index contributed by atoms with van der Waals surface area (Å²) < 4.78 is 10.5. The second-order valence-corrected chi connectivity index (χ2v) is 16.1. The smallest absolute Gasteiger partial charge is 0.189 e. The third-order valence-electron chi connectivity index (χ3n) is 12.2. The summed E-state index contributed by atoms with van der Waals surface area (Å²) in [5.74, 6) is 0.828. The summed E-state index contributed by atoms with van der Waals surface area (Å²) in [4.78, 5) is 26.6. The van der Waals surface area contributed by atoms with Crippen LogP contribution in [0.15, 0.2) is 97.1 Å². The van der Waals surface area contributed by atoms with Gasteiger partial charge in [0.2, 0.25) is 0 Å². The van der Waals surface area contributed by atoms with E-state index in [1.54, 1.807) is 62.8 Å². The van der Waals surface area contributed by atoms with Gasteiger partial charge in [-0.2, -0.15) is 0 Å². The molecule has 0 fully saturated rings. The number of ether oxygens (including phenoxy) is 2. The highest BCUT2D eigenvalue weighted by molar-refractivity contribution is 6.08. The Balaban J connectivity index is 1.56. The van der Waals surface area contributed by atoms with Gasteiger partial charge in [-0.1, -0.05) is 129 Å². The van der Waals surface area contributed by atoms with E-state index < -0.39 is 5.41 Å². The number of aliphatic hydroxyl groups excluding tert-OH is 2. The van der Waals surface area contributed by atoms with Gasteiger partial charge in [-0.05, 0) is 102 Å². The number of carbonyl (C=O) groups is 2. The van der Waals surface area contributed by atoms with Gasteiger partial charge in [0.25, 0.3) is 0 Å². The number of unbranched alkanes of at least 4 members (excludes halogenated alkanes) is 11. The first-order valence-electron chi connectivity index (χ1n) is 21.6. The molecule has 308 valence electrons. The first kappa shape index (κ1) is 44.0. The maximum atomic E-state index is 13.3. The Kier molecular flexibility index (Phi) is 16.4. The molecule has 6 nitrogen and oxygen atoms in total. The first-order valence-corrected chi connectivity index (χ1v) is 21.6. The normalized spacial score (nSPS) is 15.5. The van der Waals surface area contributed by atoms with Crippen LogP contribution in [-0.4, -0.2) is 36.0 Å². The van der Waals surface area contributed by atoms with Crippen molar-refractivity contribution in [1.29, 1.82) is 0 Å². The van der Waals surface area contributed by atoms with Crippen molar-refractivity contribution in [2.45, 2.75) is 122 Å². The number of rotatable bonds is 24. The second kappa shape index (κ2) is 21.6. The minimum absolute atomic E-state index is 0.0777. The summed E-state index contributed by atoms with van der Waals surface area (Å²) in [6, 6.07) is 25.9. The van der Waals surface area contributed by atoms with Crippen molar-refractivity contribution in [3.63, 3.8) is 0 Å². The number of methoxy groups -OCH3 is 2. The lowest BCUT2D eigenvalue weighted by molar-refractivity contribution is 0.103. The van der Waals surface area contributed by atoms with Crippen LogP contribution in [0.25, 0.3) is 22.6 Å². The fourth-order valence-electron chi connectivity index (χ4n) is 8.74. The molecule has 5 rings (SSSR count). The molecule has 58 heavy (non-hydrogen) atoms. The topological polar surface area (TPSA) is 93.1 Å².